The summed E-state index contributed by atoms with van der Waals surface area (Å²) < 4.78 is 20.7. The normalized spacial score (nSPS) is 23.3. The molecule has 0 radical (unpaired) electrons. The number of aromatic nitrogens is 5. The Kier molecular flexibility index (Phi) is 4.41. The highest BCUT2D eigenvalue weighted by molar-refractivity contribution is 6.14. The fourth-order valence-corrected chi connectivity index (χ4v) is 6.04. The van der Waals surface area contributed by atoms with E-state index in [-0.39, 0.29) is 23.3 Å². The molecule has 1 saturated carbocycles. The van der Waals surface area contributed by atoms with Crippen LogP contribution in [-0.4, -0.2) is 51.1 Å². The highest BCUT2D eigenvalue weighted by Crippen LogP contribution is 2.52. The molecule has 9 nitrogen and oxygen atoms in total. The van der Waals surface area contributed by atoms with Crippen LogP contribution in [0.3, 0.4) is 0 Å². The zero-order chi connectivity index (χ0) is 24.6. The fraction of sp³-hybridized carbons (Fsp3) is 0.308. The molecule has 4 N–H and O–H groups in total. The van der Waals surface area contributed by atoms with Gasteiger partial charge in [0.1, 0.15) is 29.4 Å². The summed E-state index contributed by atoms with van der Waals surface area (Å²) in [6, 6.07) is 8.96. The Morgan fingerprint density at radius 2 is 2.14 bits per heavy atom. The molecule has 1 saturated heterocycles. The van der Waals surface area contributed by atoms with Gasteiger partial charge in [-0.05, 0) is 42.0 Å². The largest absolute Gasteiger partial charge is 0.424 e. The lowest BCUT2D eigenvalue weighted by molar-refractivity contribution is 0.0771. The molecule has 2 aromatic carbocycles. The minimum absolute atomic E-state index is 0.142. The molecule has 3 atom stereocenters. The zero-order valence-electron chi connectivity index (χ0n) is 19.9. The minimum atomic E-state index is -0.326. The molecule has 2 aliphatic rings. The van der Waals surface area contributed by atoms with E-state index in [4.69, 9.17) is 15.5 Å². The Labute approximate surface area is 205 Å². The molecule has 2 fully saturated rings. The number of aromatic amines is 1. The van der Waals surface area contributed by atoms with E-state index >= 15 is 0 Å². The second-order valence-electron chi connectivity index (χ2n) is 10.2. The van der Waals surface area contributed by atoms with Crippen molar-refractivity contribution in [2.75, 3.05) is 30.4 Å². The maximum Gasteiger partial charge on any atom is 0.325 e. The van der Waals surface area contributed by atoms with E-state index in [1.165, 1.54) is 18.5 Å². The number of nitrogens with zero attached hydrogens (tertiary/aromatic N) is 5. The van der Waals surface area contributed by atoms with Crippen molar-refractivity contribution in [3.05, 3.63) is 48.7 Å². The van der Waals surface area contributed by atoms with Gasteiger partial charge >= 0.3 is 6.01 Å². The van der Waals surface area contributed by atoms with Crippen LogP contribution in [0.1, 0.15) is 13.3 Å². The first-order valence-electron chi connectivity index (χ1n) is 12.0. The molecule has 1 unspecified atom stereocenters. The lowest BCUT2D eigenvalue weighted by atomic mass is 9.60. The molecule has 5 aromatic rings. The van der Waals surface area contributed by atoms with Crippen LogP contribution >= 0.6 is 0 Å². The molecule has 4 heterocycles. The molecule has 36 heavy (non-hydrogen) atoms. The first-order chi connectivity index (χ1) is 17.4. The minimum Gasteiger partial charge on any atom is -0.424 e. The second-order valence-corrected chi connectivity index (χ2v) is 10.2. The number of H-pyrrole nitrogens is 1. The standard InChI is InChI=1S/C26H25FN8O/c1-26-8-18(28)17(26)10-35(11-26)24-21-16-5-14(27)6-20(29-2)22(16)32-23(21)33-25(34-24)36-15-4-3-13-9-30-12-31-19(13)7-15/h3-7,9,12,17-18,29H,8,10-11,28H2,1-2H3,(H,32,33,34)/t17?,18-,26-/m1/s1. The van der Waals surface area contributed by atoms with E-state index in [1.807, 2.05) is 18.2 Å². The van der Waals surface area contributed by atoms with Crippen LogP contribution in [0.5, 0.6) is 11.8 Å². The molecule has 0 bridgehead atoms. The lowest BCUT2D eigenvalue weighted by Gasteiger charge is -2.46. The number of nitrogens with two attached hydrogens (primary N) is 1. The van der Waals surface area contributed by atoms with Gasteiger partial charge in [0.2, 0.25) is 0 Å². The van der Waals surface area contributed by atoms with E-state index in [9.17, 15) is 4.39 Å². The van der Waals surface area contributed by atoms with Crippen molar-refractivity contribution in [2.45, 2.75) is 19.4 Å². The molecular formula is C26H25FN8O. The van der Waals surface area contributed by atoms with Crippen molar-refractivity contribution in [2.24, 2.45) is 17.1 Å². The molecule has 7 rings (SSSR count). The highest BCUT2D eigenvalue weighted by Gasteiger charge is 2.55. The van der Waals surface area contributed by atoms with Gasteiger partial charge in [-0.2, -0.15) is 9.97 Å². The van der Waals surface area contributed by atoms with Gasteiger partial charge in [-0.3, -0.25) is 0 Å². The average molecular weight is 485 g/mol. The maximum absolute atomic E-state index is 14.6. The summed E-state index contributed by atoms with van der Waals surface area (Å²) in [7, 11) is 1.77. The van der Waals surface area contributed by atoms with Crippen LogP contribution in [0, 0.1) is 17.2 Å². The van der Waals surface area contributed by atoms with Crippen molar-refractivity contribution < 1.29 is 9.13 Å². The number of fused-ring (bicyclic) bond motifs is 5. The van der Waals surface area contributed by atoms with Crippen molar-refractivity contribution in [3.8, 4) is 11.8 Å². The van der Waals surface area contributed by atoms with Gasteiger partial charge in [0.05, 0.1) is 22.1 Å². The summed E-state index contributed by atoms with van der Waals surface area (Å²) >= 11 is 0. The van der Waals surface area contributed by atoms with Gasteiger partial charge in [-0.1, -0.05) is 6.92 Å². The van der Waals surface area contributed by atoms with E-state index in [2.05, 4.69) is 37.1 Å². The molecular weight excluding hydrogens is 459 g/mol. The van der Waals surface area contributed by atoms with Crippen LogP contribution in [0.2, 0.25) is 0 Å². The van der Waals surface area contributed by atoms with Crippen molar-refractivity contribution in [3.63, 3.8) is 0 Å². The summed E-state index contributed by atoms with van der Waals surface area (Å²) in [5.41, 5.74) is 9.27. The Bertz CT molecular complexity index is 1670. The first kappa shape index (κ1) is 21.3. The third kappa shape index (κ3) is 3.10. The van der Waals surface area contributed by atoms with Gasteiger partial charge < -0.3 is 25.7 Å². The number of anilines is 2. The maximum atomic E-state index is 14.6. The highest BCUT2D eigenvalue weighted by atomic mass is 19.1. The fourth-order valence-electron chi connectivity index (χ4n) is 6.04. The molecule has 1 aliphatic heterocycles. The predicted octanol–water partition coefficient (Wildman–Crippen LogP) is 4.20. The molecule has 3 aromatic heterocycles. The van der Waals surface area contributed by atoms with E-state index in [0.717, 1.165) is 52.5 Å². The topological polar surface area (TPSA) is 118 Å². The smallest absolute Gasteiger partial charge is 0.325 e. The predicted molar refractivity (Wildman–Crippen MR) is 137 cm³/mol. The van der Waals surface area contributed by atoms with Gasteiger partial charge in [0, 0.05) is 49.2 Å². The molecule has 0 amide bonds. The zero-order valence-corrected chi connectivity index (χ0v) is 19.9. The first-order valence-corrected chi connectivity index (χ1v) is 12.0. The summed E-state index contributed by atoms with van der Waals surface area (Å²) in [6.07, 6.45) is 4.24. The Hall–Kier alpha value is -4.05. The third-order valence-corrected chi connectivity index (χ3v) is 7.83. The summed E-state index contributed by atoms with van der Waals surface area (Å²) in [5.74, 6) is 1.36. The number of hydrogen-bond acceptors (Lipinski definition) is 8. The average Bonchev–Trinajstić information content (AvgIpc) is 3.37. The van der Waals surface area contributed by atoms with Gasteiger partial charge in [-0.25, -0.2) is 14.4 Å². The van der Waals surface area contributed by atoms with Crippen LogP contribution < -0.4 is 20.7 Å². The molecule has 1 aliphatic carbocycles. The van der Waals surface area contributed by atoms with Crippen LogP contribution in [-0.2, 0) is 0 Å². The number of hydrogen-bond donors (Lipinski definition) is 3. The molecule has 182 valence electrons. The molecule has 10 heteroatoms. The van der Waals surface area contributed by atoms with E-state index in [1.54, 1.807) is 13.2 Å². The van der Waals surface area contributed by atoms with Crippen molar-refractivity contribution in [1.29, 1.82) is 0 Å². The lowest BCUT2D eigenvalue weighted by Crippen LogP contribution is -2.53. The Morgan fingerprint density at radius 3 is 2.94 bits per heavy atom. The number of ether oxygens (including phenoxy) is 1. The number of rotatable bonds is 4. The number of halogens is 1. The monoisotopic (exact) mass is 484 g/mol. The Balaban J connectivity index is 1.40. The Morgan fingerprint density at radius 1 is 1.25 bits per heavy atom. The quantitative estimate of drug-likeness (QED) is 0.347. The summed E-state index contributed by atoms with van der Waals surface area (Å²) in [6.45, 7) is 3.89. The third-order valence-electron chi connectivity index (χ3n) is 7.83. The van der Waals surface area contributed by atoms with Crippen LogP contribution in [0.15, 0.2) is 42.9 Å². The van der Waals surface area contributed by atoms with Crippen LogP contribution in [0.4, 0.5) is 15.9 Å². The van der Waals surface area contributed by atoms with Crippen molar-refractivity contribution in [1.82, 2.24) is 24.9 Å². The van der Waals surface area contributed by atoms with Gasteiger partial charge in [-0.15, -0.1) is 0 Å². The number of benzene rings is 2. The summed E-state index contributed by atoms with van der Waals surface area (Å²) in [5, 5.41) is 5.49. The van der Waals surface area contributed by atoms with Gasteiger partial charge in [0.25, 0.3) is 0 Å². The van der Waals surface area contributed by atoms with Gasteiger partial charge in [0.15, 0.2) is 0 Å². The van der Waals surface area contributed by atoms with E-state index < -0.39 is 0 Å². The van der Waals surface area contributed by atoms with Crippen LogP contribution in [0.25, 0.3) is 32.8 Å². The van der Waals surface area contributed by atoms with E-state index in [0.29, 0.717) is 23.0 Å². The second kappa shape index (κ2) is 7.47. The van der Waals surface area contributed by atoms with Crippen molar-refractivity contribution >= 4 is 44.3 Å². The number of nitrogens with one attached hydrogen (secondary N) is 2. The molecule has 0 spiro atoms. The summed E-state index contributed by atoms with van der Waals surface area (Å²) in [4.78, 5) is 23.5. The SMILES string of the molecule is CNc1cc(F)cc2c1[nH]c1nc(Oc3ccc4cncnc4c3)nc(N3CC4[C@H](N)C[C@]4(C)C3)c12.